The molecule has 0 atom stereocenters. The van der Waals surface area contributed by atoms with E-state index in [1.165, 1.54) is 10.6 Å². The standard InChI is InChI=1S/C13H18BrN3O2/c1-15-4-2-11(10-12(15)18)13(19)17-8-6-16(5-3-14)7-9-17/h2,4,10H,3,5-9H2,1H3. The van der Waals surface area contributed by atoms with Gasteiger partial charge in [0.15, 0.2) is 0 Å². The van der Waals surface area contributed by atoms with E-state index in [1.54, 1.807) is 19.3 Å². The van der Waals surface area contributed by atoms with Crippen LogP contribution in [0.4, 0.5) is 0 Å². The quantitative estimate of drug-likeness (QED) is 0.761. The molecule has 0 bridgehead atoms. The molecule has 1 aliphatic heterocycles. The smallest absolute Gasteiger partial charge is 0.254 e. The van der Waals surface area contributed by atoms with Gasteiger partial charge in [0.2, 0.25) is 0 Å². The lowest BCUT2D eigenvalue weighted by Crippen LogP contribution is -2.49. The Hall–Kier alpha value is -1.14. The third-order valence-electron chi connectivity index (χ3n) is 3.41. The van der Waals surface area contributed by atoms with Gasteiger partial charge in [-0.05, 0) is 6.07 Å². The molecule has 1 aromatic rings. The van der Waals surface area contributed by atoms with Crippen LogP contribution >= 0.6 is 15.9 Å². The molecule has 0 unspecified atom stereocenters. The zero-order valence-corrected chi connectivity index (χ0v) is 12.6. The molecule has 1 amide bonds. The molecule has 19 heavy (non-hydrogen) atoms. The first-order chi connectivity index (χ1) is 9.11. The molecule has 0 radical (unpaired) electrons. The first-order valence-corrected chi connectivity index (χ1v) is 7.48. The van der Waals surface area contributed by atoms with Gasteiger partial charge in [0.25, 0.3) is 11.5 Å². The lowest BCUT2D eigenvalue weighted by Gasteiger charge is -2.34. The number of alkyl halides is 1. The van der Waals surface area contributed by atoms with E-state index in [1.807, 2.05) is 4.90 Å². The Kier molecular flexibility index (Phi) is 4.76. The SMILES string of the molecule is Cn1ccc(C(=O)N2CCN(CCBr)CC2)cc1=O. The highest BCUT2D eigenvalue weighted by Crippen LogP contribution is 2.07. The van der Waals surface area contributed by atoms with Gasteiger partial charge in [0.05, 0.1) is 0 Å². The van der Waals surface area contributed by atoms with Gasteiger partial charge in [-0.3, -0.25) is 14.5 Å². The van der Waals surface area contributed by atoms with Crippen LogP contribution in [0.25, 0.3) is 0 Å². The molecule has 0 N–H and O–H groups in total. The zero-order valence-electron chi connectivity index (χ0n) is 11.0. The van der Waals surface area contributed by atoms with Crippen molar-refractivity contribution in [3.63, 3.8) is 0 Å². The predicted molar refractivity (Wildman–Crippen MR) is 77.8 cm³/mol. The van der Waals surface area contributed by atoms with Crippen molar-refractivity contribution in [2.24, 2.45) is 7.05 Å². The van der Waals surface area contributed by atoms with Crippen molar-refractivity contribution in [3.8, 4) is 0 Å². The van der Waals surface area contributed by atoms with Gasteiger partial charge >= 0.3 is 0 Å². The highest BCUT2D eigenvalue weighted by Gasteiger charge is 2.21. The van der Waals surface area contributed by atoms with Crippen LogP contribution in [0.3, 0.4) is 0 Å². The Labute approximate surface area is 120 Å². The number of hydrogen-bond donors (Lipinski definition) is 0. The average Bonchev–Trinajstić information content (AvgIpc) is 2.42. The number of aromatic nitrogens is 1. The number of pyridine rings is 1. The maximum Gasteiger partial charge on any atom is 0.254 e. The highest BCUT2D eigenvalue weighted by atomic mass is 79.9. The fraction of sp³-hybridized carbons (Fsp3) is 0.538. The summed E-state index contributed by atoms with van der Waals surface area (Å²) >= 11 is 3.42. The van der Waals surface area contributed by atoms with Crippen molar-refractivity contribution >= 4 is 21.8 Å². The van der Waals surface area contributed by atoms with E-state index in [4.69, 9.17) is 0 Å². The summed E-state index contributed by atoms with van der Waals surface area (Å²) in [5.74, 6) is -0.0452. The largest absolute Gasteiger partial charge is 0.336 e. The molecule has 6 heteroatoms. The molecule has 1 fully saturated rings. The maximum absolute atomic E-state index is 12.3. The highest BCUT2D eigenvalue weighted by molar-refractivity contribution is 9.09. The summed E-state index contributed by atoms with van der Waals surface area (Å²) in [6.45, 7) is 4.24. The van der Waals surface area contributed by atoms with Gasteiger partial charge in [0, 0.05) is 62.9 Å². The summed E-state index contributed by atoms with van der Waals surface area (Å²) in [4.78, 5) is 28.0. The maximum atomic E-state index is 12.3. The normalized spacial score (nSPS) is 16.6. The zero-order chi connectivity index (χ0) is 13.8. The van der Waals surface area contributed by atoms with Gasteiger partial charge < -0.3 is 9.47 Å². The molecule has 1 saturated heterocycles. The topological polar surface area (TPSA) is 45.6 Å². The van der Waals surface area contributed by atoms with Crippen LogP contribution in [0.1, 0.15) is 10.4 Å². The third-order valence-corrected chi connectivity index (χ3v) is 3.77. The molecule has 0 spiro atoms. The number of carbonyl (C=O) groups excluding carboxylic acids is 1. The summed E-state index contributed by atoms with van der Waals surface area (Å²) < 4.78 is 1.46. The molecule has 0 aromatic carbocycles. The summed E-state index contributed by atoms with van der Waals surface area (Å²) in [7, 11) is 1.68. The first-order valence-electron chi connectivity index (χ1n) is 6.36. The minimum absolute atomic E-state index is 0.0452. The fourth-order valence-corrected chi connectivity index (χ4v) is 2.66. The number of piperazine rings is 1. The van der Waals surface area contributed by atoms with Crippen molar-refractivity contribution in [1.29, 1.82) is 0 Å². The summed E-state index contributed by atoms with van der Waals surface area (Å²) in [6.07, 6.45) is 1.64. The molecule has 0 aliphatic carbocycles. The van der Waals surface area contributed by atoms with Crippen LogP contribution in [0.15, 0.2) is 23.1 Å². The van der Waals surface area contributed by atoms with Crippen LogP contribution in [-0.4, -0.2) is 58.3 Å². The van der Waals surface area contributed by atoms with Crippen LogP contribution in [-0.2, 0) is 7.05 Å². The van der Waals surface area contributed by atoms with Crippen molar-refractivity contribution < 1.29 is 4.79 Å². The number of rotatable bonds is 3. The molecular weight excluding hydrogens is 310 g/mol. The van der Waals surface area contributed by atoms with Gasteiger partial charge in [-0.15, -0.1) is 0 Å². The molecule has 2 rings (SSSR count). The molecule has 2 heterocycles. The number of nitrogens with zero attached hydrogens (tertiary/aromatic N) is 3. The second-order valence-electron chi connectivity index (χ2n) is 4.69. The van der Waals surface area contributed by atoms with Gasteiger partial charge in [0.1, 0.15) is 0 Å². The van der Waals surface area contributed by atoms with Crippen molar-refractivity contribution in [1.82, 2.24) is 14.4 Å². The van der Waals surface area contributed by atoms with Crippen LogP contribution in [0, 0.1) is 0 Å². The summed E-state index contributed by atoms with van der Waals surface area (Å²) in [6, 6.07) is 3.11. The number of aryl methyl sites for hydroxylation is 1. The Morgan fingerprint density at radius 2 is 2.00 bits per heavy atom. The molecular formula is C13H18BrN3O2. The molecule has 104 valence electrons. The number of hydrogen-bond acceptors (Lipinski definition) is 3. The number of amides is 1. The van der Waals surface area contributed by atoms with Gasteiger partial charge in [-0.1, -0.05) is 15.9 Å². The molecule has 5 nitrogen and oxygen atoms in total. The fourth-order valence-electron chi connectivity index (χ4n) is 2.16. The van der Waals surface area contributed by atoms with Gasteiger partial charge in [-0.2, -0.15) is 0 Å². The number of carbonyl (C=O) groups is 1. The minimum atomic E-state index is -0.149. The van der Waals surface area contributed by atoms with Crippen LogP contribution in [0.5, 0.6) is 0 Å². The average molecular weight is 328 g/mol. The second kappa shape index (κ2) is 6.34. The van der Waals surface area contributed by atoms with E-state index < -0.39 is 0 Å². The second-order valence-corrected chi connectivity index (χ2v) is 5.48. The van der Waals surface area contributed by atoms with E-state index in [9.17, 15) is 9.59 Å². The van der Waals surface area contributed by atoms with E-state index in [0.717, 1.165) is 38.1 Å². The monoisotopic (exact) mass is 327 g/mol. The Balaban J connectivity index is 2.01. The summed E-state index contributed by atoms with van der Waals surface area (Å²) in [5, 5.41) is 0.954. The first kappa shape index (κ1) is 14.3. The molecule has 1 aliphatic rings. The van der Waals surface area contributed by atoms with Crippen molar-refractivity contribution in [2.45, 2.75) is 0 Å². The van der Waals surface area contributed by atoms with Crippen molar-refractivity contribution in [3.05, 3.63) is 34.2 Å². The van der Waals surface area contributed by atoms with Gasteiger partial charge in [-0.25, -0.2) is 0 Å². The predicted octanol–water partition coefficient (Wildman–Crippen LogP) is 0.538. The minimum Gasteiger partial charge on any atom is -0.336 e. The van der Waals surface area contributed by atoms with Crippen LogP contribution < -0.4 is 5.56 Å². The Bertz CT molecular complexity index is 507. The van der Waals surface area contributed by atoms with E-state index in [-0.39, 0.29) is 11.5 Å². The third kappa shape index (κ3) is 3.45. The van der Waals surface area contributed by atoms with E-state index in [2.05, 4.69) is 20.8 Å². The number of halogens is 1. The lowest BCUT2D eigenvalue weighted by atomic mass is 10.2. The van der Waals surface area contributed by atoms with Crippen molar-refractivity contribution in [2.75, 3.05) is 38.1 Å². The Morgan fingerprint density at radius 1 is 1.32 bits per heavy atom. The molecule has 0 saturated carbocycles. The molecule has 1 aromatic heterocycles. The summed E-state index contributed by atoms with van der Waals surface area (Å²) in [5.41, 5.74) is 0.334. The van der Waals surface area contributed by atoms with Crippen LogP contribution in [0.2, 0.25) is 0 Å². The lowest BCUT2D eigenvalue weighted by molar-refractivity contribution is 0.0644. The van der Waals surface area contributed by atoms with E-state index in [0.29, 0.717) is 5.56 Å². The Morgan fingerprint density at radius 3 is 2.58 bits per heavy atom. The van der Waals surface area contributed by atoms with E-state index >= 15 is 0 Å².